The number of ether oxygens (including phenoxy) is 1. The van der Waals surface area contributed by atoms with Crippen LogP contribution in [0.4, 0.5) is 17.1 Å². The zero-order valence-corrected chi connectivity index (χ0v) is 24.4. The number of hydrogen-bond acceptors (Lipinski definition) is 2. The predicted octanol–water partition coefficient (Wildman–Crippen LogP) is 7.92. The van der Waals surface area contributed by atoms with Gasteiger partial charge < -0.3 is 9.64 Å². The number of rotatable bonds is 2. The van der Waals surface area contributed by atoms with Gasteiger partial charge in [0.2, 0.25) is 0 Å². The van der Waals surface area contributed by atoms with Gasteiger partial charge in [0.15, 0.2) is 0 Å². The van der Waals surface area contributed by atoms with Gasteiger partial charge in [-0.3, -0.25) is 0 Å². The summed E-state index contributed by atoms with van der Waals surface area (Å²) in [4.78, 5) is 2.47. The molecular formula is C37H34BNO. The highest BCUT2D eigenvalue weighted by Crippen LogP contribution is 2.46. The largest absolute Gasteiger partial charge is 0.458 e. The summed E-state index contributed by atoms with van der Waals surface area (Å²) in [5, 5.41) is 0. The van der Waals surface area contributed by atoms with Crippen molar-refractivity contribution >= 4 is 40.2 Å². The van der Waals surface area contributed by atoms with E-state index in [4.69, 9.17) is 4.74 Å². The summed E-state index contributed by atoms with van der Waals surface area (Å²) in [7, 11) is 0. The Morgan fingerprint density at radius 2 is 1.20 bits per heavy atom. The Balaban J connectivity index is 1.62. The van der Waals surface area contributed by atoms with Crippen LogP contribution in [0.1, 0.15) is 38.9 Å². The molecule has 0 amide bonds. The van der Waals surface area contributed by atoms with Crippen LogP contribution < -0.4 is 26.0 Å². The van der Waals surface area contributed by atoms with E-state index >= 15 is 0 Å². The van der Waals surface area contributed by atoms with Crippen LogP contribution in [0.3, 0.4) is 0 Å². The lowest BCUT2D eigenvalue weighted by Crippen LogP contribution is -2.60. The standard InChI is InChI=1S/C37H34BNO/c1-21-14-22(2)19-28(18-21)39-31-13-12-29(34-25(5)15-23(3)16-26(34)6)37-36(31)38(30-10-8-9-11-33(30)40-37)35-27(7)17-24(4)20-32(35)39/h8-20H,1-7H3. The second-order valence-electron chi connectivity index (χ2n) is 11.9. The second-order valence-corrected chi connectivity index (χ2v) is 11.9. The van der Waals surface area contributed by atoms with Crippen LogP contribution >= 0.6 is 0 Å². The summed E-state index contributed by atoms with van der Waals surface area (Å²) in [6, 6.07) is 29.3. The maximum atomic E-state index is 6.93. The molecule has 3 heteroatoms. The Labute approximate surface area is 238 Å². The van der Waals surface area contributed by atoms with Gasteiger partial charge >= 0.3 is 0 Å². The number of para-hydroxylation sites is 1. The van der Waals surface area contributed by atoms with Gasteiger partial charge in [-0.05, 0) is 135 Å². The van der Waals surface area contributed by atoms with Crippen LogP contribution in [0.5, 0.6) is 11.5 Å². The van der Waals surface area contributed by atoms with Gasteiger partial charge in [-0.2, -0.15) is 0 Å². The molecule has 196 valence electrons. The molecule has 2 heterocycles. The van der Waals surface area contributed by atoms with Crippen molar-refractivity contribution in [3.8, 4) is 22.6 Å². The first-order valence-corrected chi connectivity index (χ1v) is 14.2. The minimum absolute atomic E-state index is 0.0960. The molecule has 2 aliphatic rings. The van der Waals surface area contributed by atoms with Crippen LogP contribution in [0.25, 0.3) is 11.1 Å². The van der Waals surface area contributed by atoms with E-state index in [0.29, 0.717) is 0 Å². The number of hydrogen-bond donors (Lipinski definition) is 0. The molecule has 0 radical (unpaired) electrons. The molecule has 0 bridgehead atoms. The fraction of sp³-hybridized carbons (Fsp3) is 0.189. The molecule has 7 rings (SSSR count). The van der Waals surface area contributed by atoms with Gasteiger partial charge in [0.25, 0.3) is 6.71 Å². The number of aryl methyl sites for hydroxylation is 7. The van der Waals surface area contributed by atoms with Crippen molar-refractivity contribution < 1.29 is 4.74 Å². The molecule has 0 unspecified atom stereocenters. The van der Waals surface area contributed by atoms with Crippen molar-refractivity contribution in [2.24, 2.45) is 0 Å². The summed E-state index contributed by atoms with van der Waals surface area (Å²) >= 11 is 0. The summed E-state index contributed by atoms with van der Waals surface area (Å²) < 4.78 is 6.93. The van der Waals surface area contributed by atoms with E-state index in [1.54, 1.807) is 0 Å². The summed E-state index contributed by atoms with van der Waals surface area (Å²) in [6.45, 7) is 15.6. The SMILES string of the molecule is Cc1cc(C)cc(N2c3cc(C)cc(C)c3B3c4ccccc4Oc4c(-c5c(C)cc(C)cc5C)ccc2c43)c1. The minimum atomic E-state index is 0.0960. The smallest absolute Gasteiger partial charge is 0.256 e. The Hall–Kier alpha value is -4.24. The zero-order valence-electron chi connectivity index (χ0n) is 24.4. The van der Waals surface area contributed by atoms with Crippen molar-refractivity contribution in [2.45, 2.75) is 48.5 Å². The topological polar surface area (TPSA) is 12.5 Å². The van der Waals surface area contributed by atoms with Crippen molar-refractivity contribution in [1.82, 2.24) is 0 Å². The van der Waals surface area contributed by atoms with Gasteiger partial charge in [0, 0.05) is 22.6 Å². The lowest BCUT2D eigenvalue weighted by Gasteiger charge is -2.41. The molecule has 0 aliphatic carbocycles. The average molecular weight is 519 g/mol. The summed E-state index contributed by atoms with van der Waals surface area (Å²) in [5.74, 6) is 1.93. The molecule has 0 spiro atoms. The maximum absolute atomic E-state index is 6.93. The van der Waals surface area contributed by atoms with E-state index in [9.17, 15) is 0 Å². The van der Waals surface area contributed by atoms with Gasteiger partial charge in [0.05, 0.1) is 0 Å². The average Bonchev–Trinajstić information content (AvgIpc) is 2.88. The maximum Gasteiger partial charge on any atom is 0.256 e. The zero-order chi connectivity index (χ0) is 27.9. The fourth-order valence-electron chi connectivity index (χ4n) is 7.36. The van der Waals surface area contributed by atoms with Gasteiger partial charge in [-0.1, -0.05) is 53.6 Å². The highest BCUT2D eigenvalue weighted by molar-refractivity contribution is 6.99. The third-order valence-corrected chi connectivity index (χ3v) is 8.59. The van der Waals surface area contributed by atoms with Crippen LogP contribution in [-0.2, 0) is 0 Å². The number of anilines is 3. The summed E-state index contributed by atoms with van der Waals surface area (Å²) in [5.41, 5.74) is 18.9. The Bertz CT molecular complexity index is 1820. The molecule has 2 nitrogen and oxygen atoms in total. The highest BCUT2D eigenvalue weighted by Gasteiger charge is 2.43. The lowest BCUT2D eigenvalue weighted by atomic mass is 9.33. The molecule has 0 atom stereocenters. The van der Waals surface area contributed by atoms with E-state index in [0.717, 1.165) is 11.5 Å². The van der Waals surface area contributed by atoms with E-state index < -0.39 is 0 Å². The van der Waals surface area contributed by atoms with Crippen molar-refractivity contribution in [2.75, 3.05) is 4.90 Å². The van der Waals surface area contributed by atoms with E-state index in [-0.39, 0.29) is 6.71 Å². The van der Waals surface area contributed by atoms with Gasteiger partial charge in [-0.25, -0.2) is 0 Å². The monoisotopic (exact) mass is 519 g/mol. The third kappa shape index (κ3) is 3.64. The number of benzene rings is 5. The molecule has 0 aromatic heterocycles. The Morgan fingerprint density at radius 1 is 0.575 bits per heavy atom. The molecule has 40 heavy (non-hydrogen) atoms. The molecule has 0 saturated carbocycles. The van der Waals surface area contributed by atoms with E-state index in [1.807, 2.05) is 0 Å². The quantitative estimate of drug-likeness (QED) is 0.215. The third-order valence-electron chi connectivity index (χ3n) is 8.59. The molecule has 5 aromatic rings. The second kappa shape index (κ2) is 8.89. The normalized spacial score (nSPS) is 13.0. The van der Waals surface area contributed by atoms with Crippen molar-refractivity contribution in [3.05, 3.63) is 118 Å². The van der Waals surface area contributed by atoms with Crippen molar-refractivity contribution in [1.29, 1.82) is 0 Å². The Morgan fingerprint density at radius 3 is 1.93 bits per heavy atom. The van der Waals surface area contributed by atoms with Crippen LogP contribution in [0, 0.1) is 48.5 Å². The van der Waals surface area contributed by atoms with Crippen molar-refractivity contribution in [3.63, 3.8) is 0 Å². The summed E-state index contributed by atoms with van der Waals surface area (Å²) in [6.07, 6.45) is 0. The van der Waals surface area contributed by atoms with E-state index in [1.165, 1.54) is 83.5 Å². The van der Waals surface area contributed by atoms with Gasteiger partial charge in [-0.15, -0.1) is 0 Å². The molecule has 0 saturated heterocycles. The Kier molecular flexibility index (Phi) is 5.51. The van der Waals surface area contributed by atoms with Crippen LogP contribution in [-0.4, -0.2) is 6.71 Å². The molecule has 0 N–H and O–H groups in total. The first kappa shape index (κ1) is 24.8. The van der Waals surface area contributed by atoms with Crippen LogP contribution in [0.2, 0.25) is 0 Å². The van der Waals surface area contributed by atoms with Crippen LogP contribution in [0.15, 0.2) is 78.9 Å². The highest BCUT2D eigenvalue weighted by atomic mass is 16.5. The molecule has 2 aliphatic heterocycles. The molecule has 0 fully saturated rings. The molecular weight excluding hydrogens is 485 g/mol. The first-order valence-electron chi connectivity index (χ1n) is 14.2. The van der Waals surface area contributed by atoms with E-state index in [2.05, 4.69) is 132 Å². The number of fused-ring (bicyclic) bond motifs is 4. The molecule has 5 aromatic carbocycles. The number of nitrogens with zero attached hydrogens (tertiary/aromatic N) is 1. The predicted molar refractivity (Wildman–Crippen MR) is 171 cm³/mol. The first-order chi connectivity index (χ1) is 19.2. The lowest BCUT2D eigenvalue weighted by molar-refractivity contribution is 0.489. The minimum Gasteiger partial charge on any atom is -0.458 e. The van der Waals surface area contributed by atoms with Gasteiger partial charge in [0.1, 0.15) is 11.5 Å². The fourth-order valence-corrected chi connectivity index (χ4v) is 7.36.